The summed E-state index contributed by atoms with van der Waals surface area (Å²) in [4.78, 5) is 18.0. The van der Waals surface area contributed by atoms with Gasteiger partial charge in [0.2, 0.25) is 5.91 Å². The lowest BCUT2D eigenvalue weighted by Gasteiger charge is -2.17. The van der Waals surface area contributed by atoms with E-state index in [2.05, 4.69) is 19.9 Å². The van der Waals surface area contributed by atoms with Crippen LogP contribution in [-0.2, 0) is 18.4 Å². The highest BCUT2D eigenvalue weighted by atomic mass is 32.2. The Morgan fingerprint density at radius 2 is 1.86 bits per heavy atom. The molecule has 152 valence electrons. The van der Waals surface area contributed by atoms with E-state index in [0.717, 1.165) is 11.1 Å². The van der Waals surface area contributed by atoms with Crippen LogP contribution in [0, 0.1) is 0 Å². The second kappa shape index (κ2) is 9.46. The van der Waals surface area contributed by atoms with Gasteiger partial charge in [0.05, 0.1) is 5.75 Å². The monoisotopic (exact) mass is 419 g/mol. The normalized spacial score (nSPS) is 10.9. The van der Waals surface area contributed by atoms with Crippen molar-refractivity contribution >= 4 is 17.7 Å². The van der Waals surface area contributed by atoms with Crippen LogP contribution >= 0.6 is 11.8 Å². The van der Waals surface area contributed by atoms with E-state index >= 15 is 0 Å². The van der Waals surface area contributed by atoms with Gasteiger partial charge in [-0.25, -0.2) is 0 Å². The summed E-state index contributed by atoms with van der Waals surface area (Å²) < 4.78 is 30.5. The summed E-state index contributed by atoms with van der Waals surface area (Å²) >= 11 is 1.30. The number of carbonyl (C=O) groups is 1. The molecule has 29 heavy (non-hydrogen) atoms. The standard InChI is InChI=1S/C19H19F2N5O2S/c1-25(11-13-3-5-15(6-4-13)28-18(20)21)16(27)12-29-19-24-23-17(26(19)2)14-7-9-22-10-8-14/h3-10,18H,11-12H2,1-2H3. The first kappa shape index (κ1) is 20.7. The molecule has 7 nitrogen and oxygen atoms in total. The third-order valence-corrected chi connectivity index (χ3v) is 5.10. The number of ether oxygens (including phenoxy) is 1. The Morgan fingerprint density at radius 3 is 2.52 bits per heavy atom. The fourth-order valence-corrected chi connectivity index (χ4v) is 3.42. The van der Waals surface area contributed by atoms with Crippen LogP contribution < -0.4 is 4.74 Å². The minimum atomic E-state index is -2.86. The molecule has 0 saturated heterocycles. The molecule has 0 radical (unpaired) electrons. The molecule has 2 heterocycles. The molecule has 3 rings (SSSR count). The van der Waals surface area contributed by atoms with Gasteiger partial charge < -0.3 is 14.2 Å². The van der Waals surface area contributed by atoms with Gasteiger partial charge in [0, 0.05) is 38.6 Å². The van der Waals surface area contributed by atoms with Crippen molar-refractivity contribution in [1.82, 2.24) is 24.6 Å². The number of hydrogen-bond acceptors (Lipinski definition) is 6. The molecule has 0 aliphatic heterocycles. The summed E-state index contributed by atoms with van der Waals surface area (Å²) in [6.45, 7) is -2.50. The second-order valence-corrected chi connectivity index (χ2v) is 7.10. The minimum Gasteiger partial charge on any atom is -0.435 e. The maximum Gasteiger partial charge on any atom is 0.387 e. The molecule has 1 amide bonds. The largest absolute Gasteiger partial charge is 0.435 e. The zero-order valence-electron chi connectivity index (χ0n) is 15.8. The molecular weight excluding hydrogens is 400 g/mol. The van der Waals surface area contributed by atoms with E-state index in [0.29, 0.717) is 17.5 Å². The number of carbonyl (C=O) groups excluding carboxylic acids is 1. The summed E-state index contributed by atoms with van der Waals surface area (Å²) in [5.74, 6) is 0.893. The Labute approximate surface area is 170 Å². The number of benzene rings is 1. The molecule has 1 aromatic carbocycles. The number of halogens is 2. The number of alkyl halides is 2. The number of thioether (sulfide) groups is 1. The van der Waals surface area contributed by atoms with Gasteiger partial charge in [-0.1, -0.05) is 23.9 Å². The van der Waals surface area contributed by atoms with Crippen LogP contribution in [0.1, 0.15) is 5.56 Å². The number of aromatic nitrogens is 4. The van der Waals surface area contributed by atoms with Crippen LogP contribution in [0.3, 0.4) is 0 Å². The van der Waals surface area contributed by atoms with Crippen molar-refractivity contribution in [3.8, 4) is 17.1 Å². The fourth-order valence-electron chi connectivity index (χ4n) is 2.57. The van der Waals surface area contributed by atoms with E-state index in [-0.39, 0.29) is 17.4 Å². The van der Waals surface area contributed by atoms with E-state index in [4.69, 9.17) is 0 Å². The molecule has 0 N–H and O–H groups in total. The van der Waals surface area contributed by atoms with Crippen LogP contribution in [0.4, 0.5) is 8.78 Å². The SMILES string of the molecule is CN(Cc1ccc(OC(F)F)cc1)C(=O)CSc1nnc(-c2ccncc2)n1C. The first-order chi connectivity index (χ1) is 13.9. The van der Waals surface area contributed by atoms with Crippen molar-refractivity contribution in [3.05, 3.63) is 54.4 Å². The van der Waals surface area contributed by atoms with Gasteiger partial charge in [-0.3, -0.25) is 9.78 Å². The van der Waals surface area contributed by atoms with Gasteiger partial charge in [0.15, 0.2) is 11.0 Å². The van der Waals surface area contributed by atoms with Gasteiger partial charge >= 0.3 is 6.61 Å². The van der Waals surface area contributed by atoms with E-state index in [9.17, 15) is 13.6 Å². The molecule has 0 fully saturated rings. The molecule has 0 saturated carbocycles. The van der Waals surface area contributed by atoms with Crippen LogP contribution in [-0.4, -0.2) is 50.0 Å². The topological polar surface area (TPSA) is 73.1 Å². The Balaban J connectivity index is 1.55. The highest BCUT2D eigenvalue weighted by Gasteiger charge is 2.15. The summed E-state index contributed by atoms with van der Waals surface area (Å²) in [7, 11) is 3.53. The average molecular weight is 419 g/mol. The van der Waals surface area contributed by atoms with Crippen LogP contribution in [0.5, 0.6) is 5.75 Å². The summed E-state index contributed by atoms with van der Waals surface area (Å²) in [6.07, 6.45) is 3.36. The summed E-state index contributed by atoms with van der Waals surface area (Å²) in [5.41, 5.74) is 1.70. The first-order valence-corrected chi connectivity index (χ1v) is 9.63. The lowest BCUT2D eigenvalue weighted by Crippen LogP contribution is -2.27. The molecule has 0 bridgehead atoms. The van der Waals surface area contributed by atoms with Gasteiger partial charge in [-0.15, -0.1) is 10.2 Å². The van der Waals surface area contributed by atoms with E-state index in [1.165, 1.54) is 23.9 Å². The van der Waals surface area contributed by atoms with Gasteiger partial charge in [0.25, 0.3) is 0 Å². The highest BCUT2D eigenvalue weighted by molar-refractivity contribution is 7.99. The molecular formula is C19H19F2N5O2S. The van der Waals surface area contributed by atoms with Gasteiger partial charge in [-0.05, 0) is 29.8 Å². The lowest BCUT2D eigenvalue weighted by molar-refractivity contribution is -0.127. The number of hydrogen-bond donors (Lipinski definition) is 0. The summed E-state index contributed by atoms with van der Waals surface area (Å²) in [5, 5.41) is 8.96. The minimum absolute atomic E-state index is 0.0839. The molecule has 0 aliphatic carbocycles. The molecule has 0 atom stereocenters. The number of pyridine rings is 1. The summed E-state index contributed by atoms with van der Waals surface area (Å²) in [6, 6.07) is 9.89. The van der Waals surface area contributed by atoms with E-state index < -0.39 is 6.61 Å². The highest BCUT2D eigenvalue weighted by Crippen LogP contribution is 2.22. The van der Waals surface area contributed by atoms with Crippen molar-refractivity contribution in [2.24, 2.45) is 7.05 Å². The van der Waals surface area contributed by atoms with Crippen molar-refractivity contribution in [2.45, 2.75) is 18.3 Å². The van der Waals surface area contributed by atoms with E-state index in [1.807, 2.05) is 23.7 Å². The van der Waals surface area contributed by atoms with Crippen LogP contribution in [0.25, 0.3) is 11.4 Å². The Hall–Kier alpha value is -3.01. The quantitative estimate of drug-likeness (QED) is 0.522. The van der Waals surface area contributed by atoms with Gasteiger partial charge in [0.1, 0.15) is 5.75 Å². The average Bonchev–Trinajstić information content (AvgIpc) is 3.08. The Kier molecular flexibility index (Phi) is 6.76. The van der Waals surface area contributed by atoms with Crippen LogP contribution in [0.2, 0.25) is 0 Å². The predicted molar refractivity (Wildman–Crippen MR) is 105 cm³/mol. The maximum absolute atomic E-state index is 12.4. The molecule has 0 aliphatic rings. The maximum atomic E-state index is 12.4. The van der Waals surface area contributed by atoms with Crippen molar-refractivity contribution in [1.29, 1.82) is 0 Å². The zero-order valence-corrected chi connectivity index (χ0v) is 16.6. The Morgan fingerprint density at radius 1 is 1.17 bits per heavy atom. The van der Waals surface area contributed by atoms with Crippen molar-refractivity contribution in [2.75, 3.05) is 12.8 Å². The smallest absolute Gasteiger partial charge is 0.387 e. The molecule has 3 aromatic rings. The molecule has 10 heteroatoms. The lowest BCUT2D eigenvalue weighted by atomic mass is 10.2. The Bertz CT molecular complexity index is 951. The number of nitrogens with zero attached hydrogens (tertiary/aromatic N) is 5. The second-order valence-electron chi connectivity index (χ2n) is 6.16. The van der Waals surface area contributed by atoms with Gasteiger partial charge in [-0.2, -0.15) is 8.78 Å². The number of rotatable bonds is 8. The van der Waals surface area contributed by atoms with E-state index in [1.54, 1.807) is 36.5 Å². The molecule has 0 spiro atoms. The number of amides is 1. The predicted octanol–water partition coefficient (Wildman–Crippen LogP) is 3.23. The first-order valence-electron chi connectivity index (χ1n) is 8.64. The zero-order chi connectivity index (χ0) is 20.8. The van der Waals surface area contributed by atoms with Crippen molar-refractivity contribution in [3.63, 3.8) is 0 Å². The van der Waals surface area contributed by atoms with Crippen LogP contribution in [0.15, 0.2) is 53.9 Å². The third-order valence-electron chi connectivity index (χ3n) is 4.09. The fraction of sp³-hybridized carbons (Fsp3) is 0.263. The molecule has 0 unspecified atom stereocenters. The third kappa shape index (κ3) is 5.50. The van der Waals surface area contributed by atoms with Crippen molar-refractivity contribution < 1.29 is 18.3 Å². The molecule has 2 aromatic heterocycles.